The van der Waals surface area contributed by atoms with Crippen LogP contribution in [-0.4, -0.2) is 30.0 Å². The summed E-state index contributed by atoms with van der Waals surface area (Å²) < 4.78 is 13.6. The fourth-order valence-corrected chi connectivity index (χ4v) is 2.41. The maximum absolute atomic E-state index is 13.6. The highest BCUT2D eigenvalue weighted by molar-refractivity contribution is 5.92. The highest BCUT2D eigenvalue weighted by Crippen LogP contribution is 2.18. The maximum atomic E-state index is 13.6. The third kappa shape index (κ3) is 4.78. The fourth-order valence-electron chi connectivity index (χ4n) is 2.41. The van der Waals surface area contributed by atoms with Gasteiger partial charge in [0.25, 0.3) is 5.91 Å². The lowest BCUT2D eigenvalue weighted by Gasteiger charge is -2.13. The summed E-state index contributed by atoms with van der Waals surface area (Å²) in [5.41, 5.74) is 2.54. The molecule has 6 nitrogen and oxygen atoms in total. The van der Waals surface area contributed by atoms with Crippen molar-refractivity contribution in [3.8, 4) is 0 Å². The molecule has 0 aliphatic heterocycles. The molecule has 1 heterocycles. The van der Waals surface area contributed by atoms with Crippen LogP contribution in [0.4, 0.5) is 21.6 Å². The number of halogens is 1. The zero-order chi connectivity index (χ0) is 19.2. The first-order chi connectivity index (χ1) is 13.0. The molecule has 0 aliphatic rings. The topological polar surface area (TPSA) is 70.2 Å². The molecule has 0 radical (unpaired) electrons. The molecule has 0 saturated carbocycles. The van der Waals surface area contributed by atoms with Crippen LogP contribution in [0.25, 0.3) is 0 Å². The smallest absolute Gasteiger partial charge is 0.271 e. The van der Waals surface area contributed by atoms with Crippen LogP contribution in [0.1, 0.15) is 16.1 Å². The van der Waals surface area contributed by atoms with Gasteiger partial charge in [-0.25, -0.2) is 14.4 Å². The van der Waals surface area contributed by atoms with E-state index in [0.717, 1.165) is 11.4 Å². The van der Waals surface area contributed by atoms with E-state index < -0.39 is 5.91 Å². The number of anilines is 3. The second kappa shape index (κ2) is 8.27. The average Bonchev–Trinajstić information content (AvgIpc) is 2.68. The molecular weight excluding hydrogens is 345 g/mol. The van der Waals surface area contributed by atoms with Gasteiger partial charge in [0.1, 0.15) is 17.3 Å². The van der Waals surface area contributed by atoms with Crippen LogP contribution in [0.15, 0.2) is 60.9 Å². The highest BCUT2D eigenvalue weighted by atomic mass is 19.1. The van der Waals surface area contributed by atoms with Gasteiger partial charge in [-0.2, -0.15) is 0 Å². The third-order valence-electron chi connectivity index (χ3n) is 3.94. The van der Waals surface area contributed by atoms with Crippen molar-refractivity contribution in [1.82, 2.24) is 15.3 Å². The number of aromatic nitrogens is 2. The van der Waals surface area contributed by atoms with Gasteiger partial charge in [0.15, 0.2) is 0 Å². The number of benzene rings is 2. The quantitative estimate of drug-likeness (QED) is 0.701. The summed E-state index contributed by atoms with van der Waals surface area (Å²) in [6, 6.07) is 14.1. The zero-order valence-electron chi connectivity index (χ0n) is 15.1. The molecule has 0 aliphatic carbocycles. The van der Waals surface area contributed by atoms with Crippen molar-refractivity contribution in [2.24, 2.45) is 0 Å². The van der Waals surface area contributed by atoms with Crippen LogP contribution in [0, 0.1) is 5.82 Å². The second-order valence-corrected chi connectivity index (χ2v) is 6.13. The van der Waals surface area contributed by atoms with E-state index in [1.54, 1.807) is 18.2 Å². The third-order valence-corrected chi connectivity index (χ3v) is 3.94. The van der Waals surface area contributed by atoms with Gasteiger partial charge >= 0.3 is 0 Å². The molecule has 0 bridgehead atoms. The number of nitrogens with one attached hydrogen (secondary N) is 2. The van der Waals surface area contributed by atoms with Gasteiger partial charge in [-0.05, 0) is 30.3 Å². The van der Waals surface area contributed by atoms with Crippen molar-refractivity contribution in [3.05, 3.63) is 78.0 Å². The fraction of sp³-hybridized carbons (Fsp3) is 0.150. The van der Waals surface area contributed by atoms with Gasteiger partial charge < -0.3 is 15.5 Å². The van der Waals surface area contributed by atoms with Crippen molar-refractivity contribution in [2.75, 3.05) is 24.3 Å². The Balaban J connectivity index is 1.59. The Labute approximate surface area is 157 Å². The number of amides is 1. The van der Waals surface area contributed by atoms with Crippen molar-refractivity contribution >= 4 is 23.1 Å². The Hall–Kier alpha value is -3.48. The molecule has 0 atom stereocenters. The monoisotopic (exact) mass is 365 g/mol. The van der Waals surface area contributed by atoms with E-state index in [9.17, 15) is 9.18 Å². The number of nitrogens with zero attached hydrogens (tertiary/aromatic N) is 3. The molecule has 3 rings (SSSR count). The van der Waals surface area contributed by atoms with Crippen LogP contribution >= 0.6 is 0 Å². The molecular formula is C20H20FN5O. The van der Waals surface area contributed by atoms with E-state index in [2.05, 4.69) is 20.6 Å². The van der Waals surface area contributed by atoms with Gasteiger partial charge in [0.05, 0.1) is 12.4 Å². The van der Waals surface area contributed by atoms with Crippen LogP contribution < -0.4 is 15.5 Å². The maximum Gasteiger partial charge on any atom is 0.271 e. The Morgan fingerprint density at radius 2 is 1.78 bits per heavy atom. The van der Waals surface area contributed by atoms with E-state index in [-0.39, 0.29) is 18.1 Å². The molecule has 0 spiro atoms. The summed E-state index contributed by atoms with van der Waals surface area (Å²) in [4.78, 5) is 22.5. The molecule has 1 aromatic heterocycles. The zero-order valence-corrected chi connectivity index (χ0v) is 15.1. The first-order valence-electron chi connectivity index (χ1n) is 8.41. The van der Waals surface area contributed by atoms with Crippen LogP contribution in [0.2, 0.25) is 0 Å². The first kappa shape index (κ1) is 18.3. The Bertz CT molecular complexity index is 910. The van der Waals surface area contributed by atoms with Gasteiger partial charge in [-0.15, -0.1) is 0 Å². The molecule has 2 aromatic carbocycles. The minimum Gasteiger partial charge on any atom is -0.378 e. The van der Waals surface area contributed by atoms with E-state index in [0.29, 0.717) is 11.4 Å². The largest absolute Gasteiger partial charge is 0.378 e. The molecule has 0 fully saturated rings. The van der Waals surface area contributed by atoms with Crippen LogP contribution in [-0.2, 0) is 6.54 Å². The predicted octanol–water partition coefficient (Wildman–Crippen LogP) is 3.36. The van der Waals surface area contributed by atoms with E-state index in [1.807, 2.05) is 43.3 Å². The van der Waals surface area contributed by atoms with Gasteiger partial charge in [-0.1, -0.05) is 18.2 Å². The SMILES string of the molecule is CN(C)c1ccc(Nc2cnc(C(=O)NCc3ccccc3F)cn2)cc1. The minimum absolute atomic E-state index is 0.0887. The second-order valence-electron chi connectivity index (χ2n) is 6.13. The lowest BCUT2D eigenvalue weighted by Crippen LogP contribution is -2.24. The average molecular weight is 365 g/mol. The van der Waals surface area contributed by atoms with Crippen molar-refractivity contribution < 1.29 is 9.18 Å². The number of hydrogen-bond donors (Lipinski definition) is 2. The lowest BCUT2D eigenvalue weighted by atomic mass is 10.2. The van der Waals surface area contributed by atoms with Crippen molar-refractivity contribution in [1.29, 1.82) is 0 Å². The predicted molar refractivity (Wildman–Crippen MR) is 104 cm³/mol. The van der Waals surface area contributed by atoms with E-state index in [1.165, 1.54) is 18.5 Å². The summed E-state index contributed by atoms with van der Waals surface area (Å²) in [6.45, 7) is 0.0887. The Morgan fingerprint density at radius 1 is 1.04 bits per heavy atom. The van der Waals surface area contributed by atoms with E-state index in [4.69, 9.17) is 0 Å². The Morgan fingerprint density at radius 3 is 2.41 bits per heavy atom. The molecule has 1 amide bonds. The summed E-state index contributed by atoms with van der Waals surface area (Å²) in [5, 5.41) is 5.76. The van der Waals surface area contributed by atoms with E-state index >= 15 is 0 Å². The number of hydrogen-bond acceptors (Lipinski definition) is 5. The van der Waals surface area contributed by atoms with Gasteiger partial charge in [-0.3, -0.25) is 4.79 Å². The molecule has 138 valence electrons. The minimum atomic E-state index is -0.410. The van der Waals surface area contributed by atoms with Crippen LogP contribution in [0.5, 0.6) is 0 Å². The van der Waals surface area contributed by atoms with Crippen molar-refractivity contribution in [3.63, 3.8) is 0 Å². The summed E-state index contributed by atoms with van der Waals surface area (Å²) in [6.07, 6.45) is 2.87. The summed E-state index contributed by atoms with van der Waals surface area (Å²) >= 11 is 0. The van der Waals surface area contributed by atoms with Crippen LogP contribution in [0.3, 0.4) is 0 Å². The molecule has 27 heavy (non-hydrogen) atoms. The van der Waals surface area contributed by atoms with Crippen molar-refractivity contribution in [2.45, 2.75) is 6.54 Å². The molecule has 0 unspecified atom stereocenters. The summed E-state index contributed by atoms with van der Waals surface area (Å²) in [5.74, 6) is -0.241. The molecule has 3 aromatic rings. The normalized spacial score (nSPS) is 10.3. The Kier molecular flexibility index (Phi) is 5.61. The number of rotatable bonds is 6. The standard InChI is InChI=1S/C20H20FN5O/c1-26(2)16-9-7-15(8-10-16)25-19-13-22-18(12-23-19)20(27)24-11-14-5-3-4-6-17(14)21/h3-10,12-13H,11H2,1-2H3,(H,23,25)(H,24,27). The molecule has 7 heteroatoms. The molecule has 0 saturated heterocycles. The summed E-state index contributed by atoms with van der Waals surface area (Å²) in [7, 11) is 3.95. The highest BCUT2D eigenvalue weighted by Gasteiger charge is 2.09. The number of carbonyl (C=O) groups excluding carboxylic acids is 1. The van der Waals surface area contributed by atoms with Gasteiger partial charge in [0.2, 0.25) is 0 Å². The molecule has 2 N–H and O–H groups in total. The first-order valence-corrected chi connectivity index (χ1v) is 8.41. The number of carbonyl (C=O) groups is 1. The lowest BCUT2D eigenvalue weighted by molar-refractivity contribution is 0.0945. The van der Waals surface area contributed by atoms with Gasteiger partial charge in [0, 0.05) is 37.6 Å².